The number of benzene rings is 2. The fourth-order valence-corrected chi connectivity index (χ4v) is 5.85. The van der Waals surface area contributed by atoms with Crippen molar-refractivity contribution in [1.82, 2.24) is 4.57 Å². The molecule has 210 valence electrons. The summed E-state index contributed by atoms with van der Waals surface area (Å²) in [6.45, 7) is 3.65. The van der Waals surface area contributed by atoms with Crippen molar-refractivity contribution in [3.05, 3.63) is 107 Å². The Labute approximate surface area is 243 Å². The molecule has 0 unspecified atom stereocenters. The number of carbonyl (C=O) groups excluding carboxylic acids is 1. The molecule has 3 heterocycles. The van der Waals surface area contributed by atoms with Gasteiger partial charge in [0.1, 0.15) is 11.5 Å². The molecule has 5 rings (SSSR count). The minimum atomic E-state index is -1.08. The van der Waals surface area contributed by atoms with Gasteiger partial charge in [-0.2, -0.15) is 0 Å². The summed E-state index contributed by atoms with van der Waals surface area (Å²) in [6, 6.07) is 14.6. The highest BCUT2D eigenvalue weighted by molar-refractivity contribution is 7.07. The lowest BCUT2D eigenvalue weighted by atomic mass is 9.95. The third kappa shape index (κ3) is 5.36. The molecule has 1 N–H and O–H groups in total. The molecular weight excluding hydrogens is 566 g/mol. The van der Waals surface area contributed by atoms with E-state index >= 15 is 0 Å². The van der Waals surface area contributed by atoms with Gasteiger partial charge in [-0.05, 0) is 61.9 Å². The molecule has 2 aromatic carbocycles. The van der Waals surface area contributed by atoms with E-state index in [2.05, 4.69) is 4.99 Å². The van der Waals surface area contributed by atoms with Crippen LogP contribution in [0.4, 0.5) is 5.69 Å². The average Bonchev–Trinajstić information content (AvgIpc) is 3.52. The van der Waals surface area contributed by atoms with Crippen LogP contribution in [0, 0.1) is 0 Å². The molecule has 41 heavy (non-hydrogen) atoms. The standard InChI is InChI=1S/C30H26ClN3O6S/c1-5-39-29(38)25-16(2)32-30-34(26(25)17-6-9-19(10-7-17)33(3)4)27(35)24(41-30)15-20-11-13-23(40-20)21-14-18(28(36)37)8-12-22(21)31/h6-15,26H,5H2,1-4H3,(H,36,37)/b24-15-/t26-/m0/s1. The summed E-state index contributed by atoms with van der Waals surface area (Å²) in [7, 11) is 3.87. The Morgan fingerprint density at radius 3 is 2.56 bits per heavy atom. The lowest BCUT2D eigenvalue weighted by molar-refractivity contribution is -0.139. The molecule has 1 atom stereocenters. The minimum Gasteiger partial charge on any atom is -0.478 e. The van der Waals surface area contributed by atoms with Gasteiger partial charge in [-0.1, -0.05) is 35.1 Å². The van der Waals surface area contributed by atoms with Gasteiger partial charge in [0.05, 0.1) is 39.0 Å². The number of hydrogen-bond acceptors (Lipinski definition) is 8. The van der Waals surface area contributed by atoms with E-state index in [1.807, 2.05) is 43.3 Å². The number of aromatic nitrogens is 1. The van der Waals surface area contributed by atoms with Crippen LogP contribution in [0.3, 0.4) is 0 Å². The summed E-state index contributed by atoms with van der Waals surface area (Å²) < 4.78 is 13.2. The van der Waals surface area contributed by atoms with E-state index < -0.39 is 18.0 Å². The van der Waals surface area contributed by atoms with Crippen molar-refractivity contribution < 1.29 is 23.8 Å². The number of hydrogen-bond donors (Lipinski definition) is 1. The highest BCUT2D eigenvalue weighted by Gasteiger charge is 2.33. The molecule has 0 amide bonds. The van der Waals surface area contributed by atoms with Gasteiger partial charge in [0.2, 0.25) is 0 Å². The SMILES string of the molecule is CCOC(=O)C1=C(C)N=c2s/c(=C\c3ccc(-c4cc(C(=O)O)ccc4Cl)o3)c(=O)n2[C@H]1c1ccc(N(C)C)cc1. The molecule has 0 aliphatic carbocycles. The Bertz CT molecular complexity index is 1880. The third-order valence-electron chi connectivity index (χ3n) is 6.62. The first-order valence-corrected chi connectivity index (χ1v) is 13.9. The van der Waals surface area contributed by atoms with Gasteiger partial charge in [0, 0.05) is 31.4 Å². The third-order valence-corrected chi connectivity index (χ3v) is 7.93. The first-order valence-electron chi connectivity index (χ1n) is 12.7. The fourth-order valence-electron chi connectivity index (χ4n) is 4.61. The monoisotopic (exact) mass is 591 g/mol. The van der Waals surface area contributed by atoms with E-state index in [1.165, 1.54) is 34.1 Å². The number of carboxylic acid groups (broad SMARTS) is 1. The molecule has 0 saturated carbocycles. The number of anilines is 1. The van der Waals surface area contributed by atoms with Gasteiger partial charge in [0.15, 0.2) is 4.80 Å². The van der Waals surface area contributed by atoms with Gasteiger partial charge in [-0.3, -0.25) is 9.36 Å². The number of aromatic carboxylic acids is 1. The van der Waals surface area contributed by atoms with E-state index in [-0.39, 0.29) is 17.7 Å². The van der Waals surface area contributed by atoms with Crippen LogP contribution < -0.4 is 19.8 Å². The van der Waals surface area contributed by atoms with Crippen LogP contribution in [-0.4, -0.2) is 42.3 Å². The first kappa shape index (κ1) is 28.1. The quantitative estimate of drug-likeness (QED) is 0.315. The van der Waals surface area contributed by atoms with Gasteiger partial charge in [-0.15, -0.1) is 0 Å². The normalized spacial score (nSPS) is 15.0. The maximum atomic E-state index is 13.8. The molecule has 0 fully saturated rings. The summed E-state index contributed by atoms with van der Waals surface area (Å²) in [6.07, 6.45) is 1.60. The largest absolute Gasteiger partial charge is 0.478 e. The molecular formula is C30H26ClN3O6S. The minimum absolute atomic E-state index is 0.0713. The van der Waals surface area contributed by atoms with Crippen LogP contribution in [0.15, 0.2) is 80.1 Å². The Morgan fingerprint density at radius 2 is 1.90 bits per heavy atom. The van der Waals surface area contributed by atoms with Crippen LogP contribution >= 0.6 is 22.9 Å². The Hall–Kier alpha value is -4.41. The molecule has 4 aromatic rings. The zero-order valence-corrected chi connectivity index (χ0v) is 24.2. The molecule has 1 aliphatic heterocycles. The lowest BCUT2D eigenvalue weighted by Crippen LogP contribution is -2.39. The number of rotatable bonds is 7. The van der Waals surface area contributed by atoms with E-state index in [9.17, 15) is 19.5 Å². The Morgan fingerprint density at radius 1 is 1.17 bits per heavy atom. The van der Waals surface area contributed by atoms with Gasteiger partial charge in [-0.25, -0.2) is 14.6 Å². The molecule has 0 saturated heterocycles. The summed E-state index contributed by atoms with van der Waals surface area (Å²) >= 11 is 7.48. The molecule has 2 aromatic heterocycles. The number of allylic oxidation sites excluding steroid dienone is 1. The molecule has 9 nitrogen and oxygen atoms in total. The van der Waals surface area contributed by atoms with Crippen LogP contribution in [0.5, 0.6) is 0 Å². The van der Waals surface area contributed by atoms with E-state index in [1.54, 1.807) is 32.1 Å². The van der Waals surface area contributed by atoms with E-state index in [4.69, 9.17) is 20.8 Å². The van der Waals surface area contributed by atoms with Crippen LogP contribution in [-0.2, 0) is 9.53 Å². The van der Waals surface area contributed by atoms with Crippen molar-refractivity contribution in [3.63, 3.8) is 0 Å². The lowest BCUT2D eigenvalue weighted by Gasteiger charge is -2.25. The number of nitrogens with zero attached hydrogens (tertiary/aromatic N) is 3. The fraction of sp³-hybridized carbons (Fsp3) is 0.200. The summed E-state index contributed by atoms with van der Waals surface area (Å²) in [4.78, 5) is 45.3. The van der Waals surface area contributed by atoms with Crippen molar-refractivity contribution in [1.29, 1.82) is 0 Å². The van der Waals surface area contributed by atoms with Crippen molar-refractivity contribution in [2.45, 2.75) is 19.9 Å². The zero-order chi connectivity index (χ0) is 29.4. The molecule has 0 bridgehead atoms. The Kier molecular flexibility index (Phi) is 7.70. The van der Waals surface area contributed by atoms with Crippen molar-refractivity contribution in [2.24, 2.45) is 4.99 Å². The van der Waals surface area contributed by atoms with Crippen molar-refractivity contribution in [3.8, 4) is 11.3 Å². The van der Waals surface area contributed by atoms with Crippen LogP contribution in [0.1, 0.15) is 41.6 Å². The zero-order valence-electron chi connectivity index (χ0n) is 22.7. The van der Waals surface area contributed by atoms with Crippen molar-refractivity contribution in [2.75, 3.05) is 25.6 Å². The summed E-state index contributed by atoms with van der Waals surface area (Å²) in [5.74, 6) is -0.883. The number of esters is 1. The van der Waals surface area contributed by atoms with E-state index in [0.717, 1.165) is 11.3 Å². The number of carbonyl (C=O) groups is 2. The maximum Gasteiger partial charge on any atom is 0.338 e. The molecule has 0 spiro atoms. The smallest absolute Gasteiger partial charge is 0.338 e. The van der Waals surface area contributed by atoms with Crippen LogP contribution in [0.25, 0.3) is 17.4 Å². The maximum absolute atomic E-state index is 13.8. The van der Waals surface area contributed by atoms with Crippen LogP contribution in [0.2, 0.25) is 5.02 Å². The number of fused-ring (bicyclic) bond motifs is 1. The van der Waals surface area contributed by atoms with E-state index in [0.29, 0.717) is 42.7 Å². The number of carboxylic acids is 1. The highest BCUT2D eigenvalue weighted by Crippen LogP contribution is 2.32. The molecule has 1 aliphatic rings. The highest BCUT2D eigenvalue weighted by atomic mass is 35.5. The predicted octanol–water partition coefficient (Wildman–Crippen LogP) is 4.48. The summed E-state index contributed by atoms with van der Waals surface area (Å²) in [5, 5.41) is 9.67. The van der Waals surface area contributed by atoms with Gasteiger partial charge >= 0.3 is 11.9 Å². The first-order chi connectivity index (χ1) is 19.6. The van der Waals surface area contributed by atoms with Crippen molar-refractivity contribution >= 4 is 46.6 Å². The predicted molar refractivity (Wildman–Crippen MR) is 157 cm³/mol. The number of furan rings is 1. The second-order valence-corrected chi connectivity index (χ2v) is 10.9. The number of thiazole rings is 1. The molecule has 11 heteroatoms. The van der Waals surface area contributed by atoms with Gasteiger partial charge < -0.3 is 19.2 Å². The second kappa shape index (κ2) is 11.2. The number of halogens is 1. The topological polar surface area (TPSA) is 114 Å². The average molecular weight is 592 g/mol. The number of ether oxygens (including phenoxy) is 1. The molecule has 0 radical (unpaired) electrons. The Balaban J connectivity index is 1.62. The van der Waals surface area contributed by atoms with Gasteiger partial charge in [0.25, 0.3) is 5.56 Å². The second-order valence-electron chi connectivity index (χ2n) is 9.49. The summed E-state index contributed by atoms with van der Waals surface area (Å²) in [5.41, 5.74) is 2.65.